The molecule has 20 heavy (non-hydrogen) atoms. The summed E-state index contributed by atoms with van der Waals surface area (Å²) < 4.78 is 0. The average Bonchev–Trinajstić information content (AvgIpc) is 2.91. The molecule has 1 fully saturated rings. The number of amides is 2. The number of anilines is 1. The Morgan fingerprint density at radius 3 is 2.45 bits per heavy atom. The predicted molar refractivity (Wildman–Crippen MR) is 81.4 cm³/mol. The Morgan fingerprint density at radius 1 is 1.30 bits per heavy atom. The van der Waals surface area contributed by atoms with E-state index in [0.29, 0.717) is 11.3 Å². The molecule has 2 N–H and O–H groups in total. The van der Waals surface area contributed by atoms with Crippen LogP contribution in [0.5, 0.6) is 0 Å². The largest absolute Gasteiger partial charge is 0.337 e. The lowest BCUT2D eigenvalue weighted by Gasteiger charge is -2.23. The third-order valence-electron chi connectivity index (χ3n) is 3.35. The number of nitrogens with one attached hydrogen (secondary N) is 2. The first-order valence-electron chi connectivity index (χ1n) is 6.43. The van der Waals surface area contributed by atoms with Crippen LogP contribution in [0.15, 0.2) is 24.3 Å². The van der Waals surface area contributed by atoms with Gasteiger partial charge >= 0.3 is 0 Å². The van der Waals surface area contributed by atoms with Crippen LogP contribution in [0.3, 0.4) is 0 Å². The molecule has 2 rings (SSSR count). The summed E-state index contributed by atoms with van der Waals surface area (Å²) >= 11 is 0. The normalized spacial score (nSPS) is 17.2. The van der Waals surface area contributed by atoms with E-state index in [2.05, 4.69) is 10.6 Å². The summed E-state index contributed by atoms with van der Waals surface area (Å²) in [6.45, 7) is 3.27. The zero-order valence-electron chi connectivity index (χ0n) is 11.7. The second-order valence-corrected chi connectivity index (χ2v) is 4.82. The fraction of sp³-hybridized carbons (Fsp3) is 0.429. The number of carbonyl (C=O) groups is 2. The highest BCUT2D eigenvalue weighted by Crippen LogP contribution is 2.14. The first-order valence-corrected chi connectivity index (χ1v) is 6.43. The smallest absolute Gasteiger partial charge is 0.253 e. The summed E-state index contributed by atoms with van der Waals surface area (Å²) in [5.41, 5.74) is 1.35. The standard InChI is InChI=1S/C14H19N3O2.ClH/c1-10(18)16-12-5-3-11(4-6-12)14(19)17(2)13-7-8-15-9-13;/h3-6,13,15H,7-9H2,1-2H3,(H,16,18);1H. The van der Waals surface area contributed by atoms with Gasteiger partial charge in [0, 0.05) is 37.8 Å². The van der Waals surface area contributed by atoms with Gasteiger partial charge in [-0.3, -0.25) is 9.59 Å². The molecule has 5 nitrogen and oxygen atoms in total. The number of nitrogens with zero attached hydrogens (tertiary/aromatic N) is 1. The van der Waals surface area contributed by atoms with Gasteiger partial charge in [0.2, 0.25) is 5.91 Å². The van der Waals surface area contributed by atoms with Crippen molar-refractivity contribution in [1.82, 2.24) is 10.2 Å². The van der Waals surface area contributed by atoms with Gasteiger partial charge in [-0.1, -0.05) is 0 Å². The van der Waals surface area contributed by atoms with Crippen LogP contribution < -0.4 is 10.6 Å². The van der Waals surface area contributed by atoms with E-state index in [9.17, 15) is 9.59 Å². The Bertz CT molecular complexity index is 470. The molecule has 1 aliphatic rings. The van der Waals surface area contributed by atoms with Crippen molar-refractivity contribution < 1.29 is 9.59 Å². The van der Waals surface area contributed by atoms with Crippen LogP contribution in [0.4, 0.5) is 5.69 Å². The number of likely N-dealkylation sites (N-methyl/N-ethyl adjacent to an activating group) is 1. The van der Waals surface area contributed by atoms with Crippen molar-refractivity contribution >= 4 is 29.9 Å². The van der Waals surface area contributed by atoms with Gasteiger partial charge in [-0.05, 0) is 37.2 Å². The van der Waals surface area contributed by atoms with Crippen molar-refractivity contribution in [1.29, 1.82) is 0 Å². The van der Waals surface area contributed by atoms with Gasteiger partial charge in [0.25, 0.3) is 5.91 Å². The van der Waals surface area contributed by atoms with Crippen molar-refractivity contribution in [3.8, 4) is 0 Å². The van der Waals surface area contributed by atoms with Crippen LogP contribution in [-0.4, -0.2) is 42.9 Å². The Kier molecular flexibility index (Phi) is 5.98. The third-order valence-corrected chi connectivity index (χ3v) is 3.35. The summed E-state index contributed by atoms with van der Waals surface area (Å²) in [6, 6.07) is 7.24. The van der Waals surface area contributed by atoms with E-state index < -0.39 is 0 Å². The van der Waals surface area contributed by atoms with Crippen LogP contribution in [0.2, 0.25) is 0 Å². The molecule has 1 aromatic rings. The highest BCUT2D eigenvalue weighted by Gasteiger charge is 2.23. The van der Waals surface area contributed by atoms with Crippen molar-refractivity contribution in [2.75, 3.05) is 25.5 Å². The maximum Gasteiger partial charge on any atom is 0.253 e. The molecular formula is C14H20ClN3O2. The molecule has 1 atom stereocenters. The van der Waals surface area contributed by atoms with Crippen LogP contribution in [0, 0.1) is 0 Å². The topological polar surface area (TPSA) is 61.4 Å². The lowest BCUT2D eigenvalue weighted by atomic mass is 10.1. The van der Waals surface area contributed by atoms with Crippen molar-refractivity contribution in [2.45, 2.75) is 19.4 Å². The fourth-order valence-corrected chi connectivity index (χ4v) is 2.24. The summed E-state index contributed by atoms with van der Waals surface area (Å²) in [7, 11) is 1.84. The molecule has 110 valence electrons. The molecule has 1 unspecified atom stereocenters. The number of carbonyl (C=O) groups excluding carboxylic acids is 2. The van der Waals surface area contributed by atoms with Gasteiger partial charge in [0.1, 0.15) is 0 Å². The molecule has 1 saturated heterocycles. The van der Waals surface area contributed by atoms with Gasteiger partial charge in [-0.25, -0.2) is 0 Å². The number of rotatable bonds is 3. The second kappa shape index (κ2) is 7.26. The lowest BCUT2D eigenvalue weighted by molar-refractivity contribution is -0.114. The predicted octanol–water partition coefficient (Wildman–Crippen LogP) is 1.50. The van der Waals surface area contributed by atoms with Crippen LogP contribution in [-0.2, 0) is 4.79 Å². The van der Waals surface area contributed by atoms with E-state index in [1.54, 1.807) is 29.2 Å². The number of benzene rings is 1. The van der Waals surface area contributed by atoms with Gasteiger partial charge in [0.05, 0.1) is 0 Å². The van der Waals surface area contributed by atoms with E-state index in [0.717, 1.165) is 19.5 Å². The quantitative estimate of drug-likeness (QED) is 0.889. The maximum absolute atomic E-state index is 12.3. The molecule has 2 amide bonds. The van der Waals surface area contributed by atoms with Crippen LogP contribution in [0.1, 0.15) is 23.7 Å². The zero-order valence-corrected chi connectivity index (χ0v) is 12.5. The highest BCUT2D eigenvalue weighted by atomic mass is 35.5. The van der Waals surface area contributed by atoms with E-state index in [1.165, 1.54) is 6.92 Å². The fourth-order valence-electron chi connectivity index (χ4n) is 2.24. The zero-order chi connectivity index (χ0) is 13.8. The number of hydrogen-bond acceptors (Lipinski definition) is 3. The SMILES string of the molecule is CC(=O)Nc1ccc(C(=O)N(C)C2CCNC2)cc1.Cl. The van der Waals surface area contributed by atoms with Gasteiger partial charge < -0.3 is 15.5 Å². The van der Waals surface area contributed by atoms with Crippen molar-refractivity contribution in [3.63, 3.8) is 0 Å². The summed E-state index contributed by atoms with van der Waals surface area (Å²) in [4.78, 5) is 25.0. The Morgan fingerprint density at radius 2 is 1.95 bits per heavy atom. The number of halogens is 1. The van der Waals surface area contributed by atoms with Crippen LogP contribution >= 0.6 is 12.4 Å². The monoisotopic (exact) mass is 297 g/mol. The minimum atomic E-state index is -0.117. The Balaban J connectivity index is 0.00000200. The van der Waals surface area contributed by atoms with Crippen molar-refractivity contribution in [3.05, 3.63) is 29.8 Å². The third kappa shape index (κ3) is 3.95. The summed E-state index contributed by atoms with van der Waals surface area (Å²) in [6.07, 6.45) is 0.992. The highest BCUT2D eigenvalue weighted by molar-refractivity contribution is 5.95. The Labute approximate surface area is 125 Å². The summed E-state index contributed by atoms with van der Waals surface area (Å²) in [5.74, 6) is -0.101. The summed E-state index contributed by atoms with van der Waals surface area (Å²) in [5, 5.41) is 5.93. The van der Waals surface area contributed by atoms with E-state index in [-0.39, 0.29) is 30.3 Å². The van der Waals surface area contributed by atoms with E-state index in [4.69, 9.17) is 0 Å². The Hall–Kier alpha value is -1.59. The average molecular weight is 298 g/mol. The molecule has 0 radical (unpaired) electrons. The number of hydrogen-bond donors (Lipinski definition) is 2. The molecule has 0 saturated carbocycles. The molecular weight excluding hydrogens is 278 g/mol. The molecule has 1 aromatic carbocycles. The molecule has 0 aromatic heterocycles. The molecule has 0 spiro atoms. The molecule has 1 aliphatic heterocycles. The lowest BCUT2D eigenvalue weighted by Crippen LogP contribution is -2.38. The molecule has 6 heteroatoms. The minimum absolute atomic E-state index is 0. The van der Waals surface area contributed by atoms with Crippen molar-refractivity contribution in [2.24, 2.45) is 0 Å². The van der Waals surface area contributed by atoms with E-state index >= 15 is 0 Å². The van der Waals surface area contributed by atoms with Gasteiger partial charge in [0.15, 0.2) is 0 Å². The van der Waals surface area contributed by atoms with Crippen LogP contribution in [0.25, 0.3) is 0 Å². The van der Waals surface area contributed by atoms with E-state index in [1.807, 2.05) is 7.05 Å². The second-order valence-electron chi connectivity index (χ2n) is 4.82. The first kappa shape index (κ1) is 16.5. The van der Waals surface area contributed by atoms with Gasteiger partial charge in [-0.15, -0.1) is 12.4 Å². The first-order chi connectivity index (χ1) is 9.08. The molecule has 0 aliphatic carbocycles. The minimum Gasteiger partial charge on any atom is -0.337 e. The molecule has 1 heterocycles. The maximum atomic E-state index is 12.3. The molecule has 0 bridgehead atoms. The van der Waals surface area contributed by atoms with Gasteiger partial charge in [-0.2, -0.15) is 0 Å².